The van der Waals surface area contributed by atoms with Crippen molar-refractivity contribution < 1.29 is 18.7 Å². The zero-order valence-corrected chi connectivity index (χ0v) is 18.5. The fraction of sp³-hybridized carbons (Fsp3) is 0.640. The number of amides is 1. The first-order valence-corrected chi connectivity index (χ1v) is 11.6. The van der Waals surface area contributed by atoms with E-state index < -0.39 is 0 Å². The van der Waals surface area contributed by atoms with E-state index in [4.69, 9.17) is 15.2 Å². The first kappa shape index (κ1) is 22.3. The molecule has 5 rings (SSSR count). The summed E-state index contributed by atoms with van der Waals surface area (Å²) in [6.07, 6.45) is 9.06. The lowest BCUT2D eigenvalue weighted by atomic mass is 9.51. The number of hydrogen-bond donors (Lipinski definition) is 2. The summed E-state index contributed by atoms with van der Waals surface area (Å²) >= 11 is 0. The molecule has 4 fully saturated rings. The lowest BCUT2D eigenvalue weighted by Crippen LogP contribution is -2.52. The minimum Gasteiger partial charge on any atom is -0.489 e. The Hall–Kier alpha value is -1.92. The van der Waals surface area contributed by atoms with Gasteiger partial charge in [0.1, 0.15) is 12.4 Å². The molecule has 1 amide bonds. The molecular weight excluding hydrogens is 395 g/mol. The molecule has 3 N–H and O–H groups in total. The summed E-state index contributed by atoms with van der Waals surface area (Å²) in [5, 5.41) is 3.26. The van der Waals surface area contributed by atoms with Crippen LogP contribution in [0.15, 0.2) is 36.2 Å². The number of nitrogens with one attached hydrogen (secondary N) is 1. The number of ether oxygens (including phenoxy) is 2. The number of methoxy groups -OCH3 is 1. The highest BCUT2D eigenvalue weighted by molar-refractivity contribution is 5.83. The van der Waals surface area contributed by atoms with Gasteiger partial charge in [-0.15, -0.1) is 0 Å². The number of nitrogens with two attached hydrogens (primary N) is 1. The molecule has 0 atom stereocenters. The minimum absolute atomic E-state index is 0.154. The Balaban J connectivity index is 1.30. The van der Waals surface area contributed by atoms with Crippen LogP contribution >= 0.6 is 0 Å². The highest BCUT2D eigenvalue weighted by atomic mass is 19.1. The standard InChI is InChI=1S/C25H35FN2O3/c1-30-22-12-18(13-22)16-28-23(29)25-9-6-24(7-10-25,8-11-25)20-2-4-21(5-3-20)31-17-19(14-26)15-27/h2-5,14,18,22H,6-13,15-17,27H2,1H3,(H,28,29)/b19-14+. The van der Waals surface area contributed by atoms with Gasteiger partial charge in [-0.3, -0.25) is 4.79 Å². The molecule has 0 heterocycles. The molecule has 0 aliphatic heterocycles. The summed E-state index contributed by atoms with van der Waals surface area (Å²) < 4.78 is 23.6. The number of carbonyl (C=O) groups excluding carboxylic acids is 1. The zero-order valence-electron chi connectivity index (χ0n) is 18.5. The van der Waals surface area contributed by atoms with E-state index in [1.807, 2.05) is 12.1 Å². The van der Waals surface area contributed by atoms with Gasteiger partial charge in [0.2, 0.25) is 5.91 Å². The first-order chi connectivity index (χ1) is 15.0. The summed E-state index contributed by atoms with van der Waals surface area (Å²) in [5.74, 6) is 1.56. The van der Waals surface area contributed by atoms with Gasteiger partial charge in [-0.2, -0.15) is 0 Å². The Bertz CT molecular complexity index is 777. The van der Waals surface area contributed by atoms with E-state index in [2.05, 4.69) is 17.4 Å². The lowest BCUT2D eigenvalue weighted by Gasteiger charge is -2.53. The number of fused-ring (bicyclic) bond motifs is 3. The summed E-state index contributed by atoms with van der Waals surface area (Å²) in [7, 11) is 1.76. The van der Waals surface area contributed by atoms with E-state index in [1.165, 1.54) is 5.56 Å². The summed E-state index contributed by atoms with van der Waals surface area (Å²) in [6.45, 7) is 1.11. The summed E-state index contributed by atoms with van der Waals surface area (Å²) in [6, 6.07) is 8.20. The molecule has 5 nitrogen and oxygen atoms in total. The van der Waals surface area contributed by atoms with E-state index in [0.717, 1.165) is 63.7 Å². The predicted molar refractivity (Wildman–Crippen MR) is 119 cm³/mol. The topological polar surface area (TPSA) is 73.6 Å². The highest BCUT2D eigenvalue weighted by Crippen LogP contribution is 2.58. The average molecular weight is 431 g/mol. The van der Waals surface area contributed by atoms with Gasteiger partial charge in [0.05, 0.1) is 12.4 Å². The van der Waals surface area contributed by atoms with Crippen LogP contribution in [-0.4, -0.2) is 38.8 Å². The smallest absolute Gasteiger partial charge is 0.226 e. The molecule has 4 aliphatic rings. The first-order valence-electron chi connectivity index (χ1n) is 11.6. The van der Waals surface area contributed by atoms with Crippen molar-refractivity contribution in [2.45, 2.75) is 62.9 Å². The van der Waals surface area contributed by atoms with Gasteiger partial charge in [-0.1, -0.05) is 12.1 Å². The molecule has 1 aromatic rings. The number of carbonyl (C=O) groups is 1. The summed E-state index contributed by atoms with van der Waals surface area (Å²) in [4.78, 5) is 13.0. The number of halogens is 1. The van der Waals surface area contributed by atoms with Gasteiger partial charge in [0.25, 0.3) is 0 Å². The second-order valence-corrected chi connectivity index (χ2v) is 9.75. The fourth-order valence-corrected chi connectivity index (χ4v) is 5.63. The quantitative estimate of drug-likeness (QED) is 0.621. The average Bonchev–Trinajstić information content (AvgIpc) is 2.80. The van der Waals surface area contributed by atoms with Gasteiger partial charge in [-0.05, 0) is 80.4 Å². The molecule has 2 bridgehead atoms. The van der Waals surface area contributed by atoms with Crippen molar-refractivity contribution in [1.82, 2.24) is 5.32 Å². The van der Waals surface area contributed by atoms with Crippen molar-refractivity contribution in [3.8, 4) is 5.75 Å². The van der Waals surface area contributed by atoms with Crippen molar-refractivity contribution in [3.05, 3.63) is 41.7 Å². The molecule has 170 valence electrons. The monoisotopic (exact) mass is 430 g/mol. The van der Waals surface area contributed by atoms with Crippen LogP contribution in [0.4, 0.5) is 4.39 Å². The van der Waals surface area contributed by atoms with Crippen LogP contribution in [0.5, 0.6) is 5.75 Å². The van der Waals surface area contributed by atoms with E-state index in [0.29, 0.717) is 23.9 Å². The maximum absolute atomic E-state index is 13.0. The molecule has 0 radical (unpaired) electrons. The highest BCUT2D eigenvalue weighted by Gasteiger charge is 2.52. The van der Waals surface area contributed by atoms with Crippen molar-refractivity contribution in [2.24, 2.45) is 17.1 Å². The Morgan fingerprint density at radius 3 is 2.35 bits per heavy atom. The fourth-order valence-electron chi connectivity index (χ4n) is 5.63. The Morgan fingerprint density at radius 1 is 1.16 bits per heavy atom. The zero-order chi connectivity index (χ0) is 21.9. The minimum atomic E-state index is -0.174. The summed E-state index contributed by atoms with van der Waals surface area (Å²) in [5.41, 5.74) is 7.23. The molecule has 0 saturated heterocycles. The van der Waals surface area contributed by atoms with Crippen LogP contribution in [0, 0.1) is 11.3 Å². The SMILES string of the molecule is COC1CC(CNC(=O)C23CCC(c4ccc(OC/C(=C/F)CN)cc4)(CC2)CC3)C1. The van der Waals surface area contributed by atoms with E-state index >= 15 is 0 Å². The molecule has 1 aromatic carbocycles. The van der Waals surface area contributed by atoms with Crippen LogP contribution in [0.25, 0.3) is 0 Å². The molecule has 0 aromatic heterocycles. The van der Waals surface area contributed by atoms with Crippen LogP contribution in [0.1, 0.15) is 56.9 Å². The largest absolute Gasteiger partial charge is 0.489 e. The third kappa shape index (κ3) is 4.51. The third-order valence-corrected chi connectivity index (χ3v) is 8.11. The van der Waals surface area contributed by atoms with Crippen molar-refractivity contribution >= 4 is 5.91 Å². The maximum atomic E-state index is 13.0. The number of rotatable bonds is 9. The Morgan fingerprint density at radius 2 is 1.81 bits per heavy atom. The van der Waals surface area contributed by atoms with Gasteiger partial charge in [-0.25, -0.2) is 4.39 Å². The van der Waals surface area contributed by atoms with Gasteiger partial charge in [0.15, 0.2) is 0 Å². The second-order valence-electron chi connectivity index (χ2n) is 9.75. The Labute approximate surface area is 184 Å². The van der Waals surface area contributed by atoms with Crippen molar-refractivity contribution in [3.63, 3.8) is 0 Å². The molecule has 0 spiro atoms. The van der Waals surface area contributed by atoms with Crippen LogP contribution in [-0.2, 0) is 14.9 Å². The second kappa shape index (κ2) is 9.29. The van der Waals surface area contributed by atoms with Crippen LogP contribution in [0.3, 0.4) is 0 Å². The van der Waals surface area contributed by atoms with E-state index in [9.17, 15) is 9.18 Å². The van der Waals surface area contributed by atoms with E-state index in [1.54, 1.807) is 7.11 Å². The predicted octanol–water partition coefficient (Wildman–Crippen LogP) is 4.01. The van der Waals surface area contributed by atoms with Crippen LogP contribution in [0.2, 0.25) is 0 Å². The van der Waals surface area contributed by atoms with Gasteiger partial charge >= 0.3 is 0 Å². The van der Waals surface area contributed by atoms with Crippen LogP contribution < -0.4 is 15.8 Å². The van der Waals surface area contributed by atoms with Gasteiger partial charge in [0, 0.05) is 31.2 Å². The maximum Gasteiger partial charge on any atom is 0.226 e. The van der Waals surface area contributed by atoms with Gasteiger partial charge < -0.3 is 20.5 Å². The number of benzene rings is 1. The normalized spacial score (nSPS) is 32.4. The molecule has 31 heavy (non-hydrogen) atoms. The molecular formula is C25H35FN2O3. The Kier molecular flexibility index (Phi) is 6.68. The molecule has 4 saturated carbocycles. The number of hydrogen-bond acceptors (Lipinski definition) is 4. The van der Waals surface area contributed by atoms with E-state index in [-0.39, 0.29) is 29.9 Å². The van der Waals surface area contributed by atoms with Crippen molar-refractivity contribution in [1.29, 1.82) is 0 Å². The molecule has 0 unspecified atom stereocenters. The molecule has 6 heteroatoms. The van der Waals surface area contributed by atoms with Crippen molar-refractivity contribution in [2.75, 3.05) is 26.8 Å². The molecule has 4 aliphatic carbocycles. The third-order valence-electron chi connectivity index (χ3n) is 8.11. The lowest BCUT2D eigenvalue weighted by molar-refractivity contribution is -0.138.